The number of rotatable bonds is 3. The van der Waals surface area contributed by atoms with Crippen LogP contribution in [0.15, 0.2) is 12.1 Å². The van der Waals surface area contributed by atoms with Crippen LogP contribution in [0.4, 0.5) is 13.2 Å². The zero-order chi connectivity index (χ0) is 12.1. The quantitative estimate of drug-likeness (QED) is 0.623. The van der Waals surface area contributed by atoms with Crippen LogP contribution in [0.3, 0.4) is 0 Å². The number of aliphatic hydroxyl groups excluding tert-OH is 1. The average Bonchev–Trinajstić information content (AvgIpc) is 2.25. The van der Waals surface area contributed by atoms with Gasteiger partial charge in [0.1, 0.15) is 0 Å². The summed E-state index contributed by atoms with van der Waals surface area (Å²) in [4.78, 5) is 0. The normalized spacial score (nSPS) is 11.8. The van der Waals surface area contributed by atoms with Crippen molar-refractivity contribution in [2.24, 2.45) is 0 Å². The monoisotopic (exact) mass is 228 g/mol. The number of aliphatic hydroxyl groups is 1. The van der Waals surface area contributed by atoms with Crippen molar-refractivity contribution in [2.45, 2.75) is 25.9 Å². The number of benzene rings is 1. The van der Waals surface area contributed by atoms with Gasteiger partial charge in [0.2, 0.25) is 0 Å². The van der Waals surface area contributed by atoms with Crippen LogP contribution in [-0.4, -0.2) is 5.11 Å². The van der Waals surface area contributed by atoms with Crippen LogP contribution in [0, 0.1) is 29.3 Å². The molecule has 0 saturated heterocycles. The Morgan fingerprint density at radius 1 is 1.25 bits per heavy atom. The van der Waals surface area contributed by atoms with E-state index in [-0.39, 0.29) is 12.0 Å². The van der Waals surface area contributed by atoms with Crippen LogP contribution < -0.4 is 0 Å². The van der Waals surface area contributed by atoms with E-state index in [9.17, 15) is 18.3 Å². The highest BCUT2D eigenvalue weighted by Crippen LogP contribution is 2.22. The van der Waals surface area contributed by atoms with Crippen molar-refractivity contribution in [3.63, 3.8) is 0 Å². The summed E-state index contributed by atoms with van der Waals surface area (Å²) in [6.07, 6.45) is -0.366. The minimum atomic E-state index is -1.52. The van der Waals surface area contributed by atoms with Gasteiger partial charge in [0.25, 0.3) is 0 Å². The first-order chi connectivity index (χ1) is 7.56. The van der Waals surface area contributed by atoms with Gasteiger partial charge in [-0.05, 0) is 31.0 Å². The van der Waals surface area contributed by atoms with Crippen LogP contribution in [0.5, 0.6) is 0 Å². The van der Waals surface area contributed by atoms with E-state index in [0.29, 0.717) is 6.42 Å². The molecule has 1 aromatic carbocycles. The molecule has 0 amide bonds. The molecule has 16 heavy (non-hydrogen) atoms. The summed E-state index contributed by atoms with van der Waals surface area (Å²) in [5.41, 5.74) is 0.0225. The lowest BCUT2D eigenvalue weighted by atomic mass is 10.0. The van der Waals surface area contributed by atoms with E-state index in [2.05, 4.69) is 11.8 Å². The molecule has 0 saturated carbocycles. The lowest BCUT2D eigenvalue weighted by molar-refractivity contribution is 0.168. The molecule has 0 aromatic heterocycles. The Labute approximate surface area is 91.9 Å². The van der Waals surface area contributed by atoms with E-state index >= 15 is 0 Å². The average molecular weight is 228 g/mol. The van der Waals surface area contributed by atoms with Crippen LogP contribution >= 0.6 is 0 Å². The molecule has 1 rings (SSSR count). The van der Waals surface area contributed by atoms with Crippen LogP contribution in [0.2, 0.25) is 0 Å². The van der Waals surface area contributed by atoms with Gasteiger partial charge < -0.3 is 5.11 Å². The van der Waals surface area contributed by atoms with E-state index in [1.165, 1.54) is 0 Å². The molecule has 0 heterocycles. The Morgan fingerprint density at radius 3 is 2.31 bits per heavy atom. The standard InChI is InChI=1S/C12H11F3O/c1-2-3-4-5-11(16)8-6-9(13)12(15)10(14)7-8/h6-7,11,16H,4-5H2,1H3. The lowest BCUT2D eigenvalue weighted by Gasteiger charge is -2.09. The van der Waals surface area contributed by atoms with Gasteiger partial charge in [0.05, 0.1) is 6.10 Å². The SMILES string of the molecule is CC#CCCC(O)c1cc(F)c(F)c(F)c1. The van der Waals surface area contributed by atoms with Crippen molar-refractivity contribution in [2.75, 3.05) is 0 Å². The molecule has 0 bridgehead atoms. The third-order valence-corrected chi connectivity index (χ3v) is 2.11. The maximum absolute atomic E-state index is 12.8. The van der Waals surface area contributed by atoms with Gasteiger partial charge in [0.15, 0.2) is 17.5 Å². The van der Waals surface area contributed by atoms with Crippen molar-refractivity contribution in [1.82, 2.24) is 0 Å². The molecule has 0 radical (unpaired) electrons. The number of hydrogen-bond acceptors (Lipinski definition) is 1. The Balaban J connectivity index is 2.82. The largest absolute Gasteiger partial charge is 0.388 e. The number of hydrogen-bond donors (Lipinski definition) is 1. The maximum atomic E-state index is 12.8. The molecule has 1 aromatic rings. The Kier molecular flexibility index (Phi) is 4.39. The molecule has 0 fully saturated rings. The molecule has 1 atom stereocenters. The summed E-state index contributed by atoms with van der Waals surface area (Å²) in [5.74, 6) is 1.24. The van der Waals surface area contributed by atoms with Gasteiger partial charge in [-0.3, -0.25) is 0 Å². The molecule has 1 unspecified atom stereocenters. The molecule has 4 heteroatoms. The van der Waals surface area contributed by atoms with Crippen molar-refractivity contribution < 1.29 is 18.3 Å². The number of halogens is 3. The van der Waals surface area contributed by atoms with Gasteiger partial charge in [-0.15, -0.1) is 11.8 Å². The lowest BCUT2D eigenvalue weighted by Crippen LogP contribution is -2.01. The molecule has 0 aliphatic rings. The Bertz CT molecular complexity index is 409. The fourth-order valence-corrected chi connectivity index (χ4v) is 1.27. The van der Waals surface area contributed by atoms with Gasteiger partial charge in [-0.25, -0.2) is 13.2 Å². The summed E-state index contributed by atoms with van der Waals surface area (Å²) in [5, 5.41) is 9.56. The second-order valence-electron chi connectivity index (χ2n) is 3.28. The predicted molar refractivity (Wildman–Crippen MR) is 54.0 cm³/mol. The molecule has 1 nitrogen and oxygen atoms in total. The Morgan fingerprint density at radius 2 is 1.81 bits per heavy atom. The van der Waals surface area contributed by atoms with E-state index < -0.39 is 23.6 Å². The van der Waals surface area contributed by atoms with E-state index in [1.54, 1.807) is 6.92 Å². The third kappa shape index (κ3) is 3.01. The van der Waals surface area contributed by atoms with Crippen LogP contribution in [0.1, 0.15) is 31.4 Å². The van der Waals surface area contributed by atoms with Crippen LogP contribution in [0.25, 0.3) is 0 Å². The first-order valence-corrected chi connectivity index (χ1v) is 4.78. The summed E-state index contributed by atoms with van der Waals surface area (Å²) in [6.45, 7) is 1.66. The van der Waals surface area contributed by atoms with Gasteiger partial charge in [-0.2, -0.15) is 0 Å². The minimum Gasteiger partial charge on any atom is -0.388 e. The van der Waals surface area contributed by atoms with E-state index in [0.717, 1.165) is 12.1 Å². The van der Waals surface area contributed by atoms with Crippen molar-refractivity contribution in [3.8, 4) is 11.8 Å². The topological polar surface area (TPSA) is 20.2 Å². The van der Waals surface area contributed by atoms with Gasteiger partial charge in [-0.1, -0.05) is 0 Å². The molecular formula is C12H11F3O. The smallest absolute Gasteiger partial charge is 0.194 e. The first-order valence-electron chi connectivity index (χ1n) is 4.78. The highest BCUT2D eigenvalue weighted by molar-refractivity contribution is 5.21. The zero-order valence-corrected chi connectivity index (χ0v) is 8.73. The summed E-state index contributed by atoms with van der Waals surface area (Å²) >= 11 is 0. The summed E-state index contributed by atoms with van der Waals surface area (Å²) in [7, 11) is 0. The van der Waals surface area contributed by atoms with Crippen molar-refractivity contribution >= 4 is 0 Å². The fraction of sp³-hybridized carbons (Fsp3) is 0.333. The molecule has 86 valence electrons. The van der Waals surface area contributed by atoms with Crippen molar-refractivity contribution in [3.05, 3.63) is 35.1 Å². The highest BCUT2D eigenvalue weighted by Gasteiger charge is 2.14. The summed E-state index contributed by atoms with van der Waals surface area (Å²) < 4.78 is 38.3. The molecular weight excluding hydrogens is 217 g/mol. The van der Waals surface area contributed by atoms with E-state index in [4.69, 9.17) is 0 Å². The maximum Gasteiger partial charge on any atom is 0.194 e. The summed E-state index contributed by atoms with van der Waals surface area (Å²) in [6, 6.07) is 1.59. The molecule has 1 N–H and O–H groups in total. The highest BCUT2D eigenvalue weighted by atomic mass is 19.2. The third-order valence-electron chi connectivity index (χ3n) is 2.11. The zero-order valence-electron chi connectivity index (χ0n) is 8.73. The van der Waals surface area contributed by atoms with E-state index in [1.807, 2.05) is 0 Å². The molecule has 0 spiro atoms. The fourth-order valence-electron chi connectivity index (χ4n) is 1.27. The first kappa shape index (κ1) is 12.6. The predicted octanol–water partition coefficient (Wildman–Crippen LogP) is 2.94. The van der Waals surface area contributed by atoms with Crippen LogP contribution in [-0.2, 0) is 0 Å². The molecule has 0 aliphatic carbocycles. The second kappa shape index (κ2) is 5.57. The molecule has 0 aliphatic heterocycles. The minimum absolute atomic E-state index is 0.0225. The van der Waals surface area contributed by atoms with Crippen molar-refractivity contribution in [1.29, 1.82) is 0 Å². The van der Waals surface area contributed by atoms with Gasteiger partial charge in [0, 0.05) is 6.42 Å². The van der Waals surface area contributed by atoms with Gasteiger partial charge >= 0.3 is 0 Å². The Hall–Kier alpha value is -1.47. The second-order valence-corrected chi connectivity index (χ2v) is 3.28.